The summed E-state index contributed by atoms with van der Waals surface area (Å²) in [5.74, 6) is -0.111. The maximum atomic E-state index is 12.6. The zero-order chi connectivity index (χ0) is 15.4. The summed E-state index contributed by atoms with van der Waals surface area (Å²) in [6.45, 7) is 1.44. The number of rotatable bonds is 6. The van der Waals surface area contributed by atoms with Crippen LogP contribution in [0.25, 0.3) is 0 Å². The Morgan fingerprint density at radius 2 is 2.14 bits per heavy atom. The summed E-state index contributed by atoms with van der Waals surface area (Å²) in [6, 6.07) is 0. The molecule has 1 aliphatic carbocycles. The smallest absolute Gasteiger partial charge is 0.210 e. The summed E-state index contributed by atoms with van der Waals surface area (Å²) >= 11 is 3.39. The van der Waals surface area contributed by atoms with Gasteiger partial charge in [0.05, 0.1) is 17.2 Å². The summed E-state index contributed by atoms with van der Waals surface area (Å²) in [6.07, 6.45) is 6.04. The number of aliphatic hydroxyl groups excluding tert-OH is 1. The molecule has 0 aromatic carbocycles. The van der Waals surface area contributed by atoms with Crippen molar-refractivity contribution in [3.63, 3.8) is 0 Å². The maximum absolute atomic E-state index is 12.6. The highest BCUT2D eigenvalue weighted by Gasteiger charge is 2.31. The van der Waals surface area contributed by atoms with Crippen LogP contribution in [0.3, 0.4) is 0 Å². The molecule has 21 heavy (non-hydrogen) atoms. The lowest BCUT2D eigenvalue weighted by Crippen LogP contribution is -2.33. The average molecular weight is 358 g/mol. The molecule has 0 spiro atoms. The van der Waals surface area contributed by atoms with E-state index in [1.165, 1.54) is 6.42 Å². The molecule has 1 heterocycles. The lowest BCUT2D eigenvalue weighted by molar-refractivity contribution is 0.0522. The molecule has 6 heteroatoms. The molecule has 0 bridgehead atoms. The van der Waals surface area contributed by atoms with Gasteiger partial charge in [-0.2, -0.15) is 5.10 Å². The van der Waals surface area contributed by atoms with Gasteiger partial charge in [0.2, 0.25) is 5.78 Å². The number of halogens is 1. The Morgan fingerprint density at radius 3 is 2.76 bits per heavy atom. The van der Waals surface area contributed by atoms with Crippen molar-refractivity contribution in [2.24, 2.45) is 5.92 Å². The van der Waals surface area contributed by atoms with E-state index < -0.39 is 6.10 Å². The van der Waals surface area contributed by atoms with Gasteiger partial charge in [-0.15, -0.1) is 0 Å². The zero-order valence-electron chi connectivity index (χ0n) is 12.8. The van der Waals surface area contributed by atoms with Gasteiger partial charge in [-0.1, -0.05) is 19.3 Å². The summed E-state index contributed by atoms with van der Waals surface area (Å²) in [7, 11) is 3.97. The number of hydrogen-bond donors (Lipinski definition) is 1. The first-order valence-electron chi connectivity index (χ1n) is 7.59. The predicted octanol–water partition coefficient (Wildman–Crippen LogP) is 2.33. The van der Waals surface area contributed by atoms with Gasteiger partial charge in [-0.05, 0) is 48.8 Å². The van der Waals surface area contributed by atoms with Crippen LogP contribution in [0.1, 0.15) is 42.6 Å². The van der Waals surface area contributed by atoms with E-state index in [9.17, 15) is 9.90 Å². The quantitative estimate of drug-likeness (QED) is 0.793. The Balaban J connectivity index is 2.11. The number of likely N-dealkylation sites (N-methyl/N-ethyl adjacent to an activating group) is 1. The third kappa shape index (κ3) is 4.14. The van der Waals surface area contributed by atoms with Crippen molar-refractivity contribution in [2.75, 3.05) is 20.6 Å². The van der Waals surface area contributed by atoms with E-state index in [-0.39, 0.29) is 11.7 Å². The molecule has 1 aliphatic rings. The second-order valence-electron chi connectivity index (χ2n) is 6.07. The molecule has 0 amide bonds. The first kappa shape index (κ1) is 16.6. The molecule has 1 aromatic rings. The van der Waals surface area contributed by atoms with E-state index >= 15 is 0 Å². The maximum Gasteiger partial charge on any atom is 0.210 e. The summed E-state index contributed by atoms with van der Waals surface area (Å²) in [4.78, 5) is 14.7. The number of aliphatic hydroxyl groups is 1. The first-order valence-corrected chi connectivity index (χ1v) is 8.38. The van der Waals surface area contributed by atoms with Gasteiger partial charge >= 0.3 is 0 Å². The highest BCUT2D eigenvalue weighted by atomic mass is 79.9. The van der Waals surface area contributed by atoms with Crippen molar-refractivity contribution >= 4 is 21.7 Å². The molecular formula is C15H24BrN3O2. The van der Waals surface area contributed by atoms with Gasteiger partial charge in [0, 0.05) is 6.54 Å². The average Bonchev–Trinajstić information content (AvgIpc) is 2.85. The lowest BCUT2D eigenvalue weighted by Gasteiger charge is -2.25. The van der Waals surface area contributed by atoms with Crippen molar-refractivity contribution in [3.05, 3.63) is 16.4 Å². The minimum absolute atomic E-state index is 0.0929. The predicted molar refractivity (Wildman–Crippen MR) is 85.4 cm³/mol. The van der Waals surface area contributed by atoms with E-state index in [1.54, 1.807) is 10.9 Å². The highest BCUT2D eigenvalue weighted by molar-refractivity contribution is 9.10. The van der Waals surface area contributed by atoms with E-state index in [0.717, 1.165) is 32.2 Å². The van der Waals surface area contributed by atoms with Crippen molar-refractivity contribution in [3.8, 4) is 0 Å². The number of ketones is 1. The number of Topliss-reactive ketones (excluding diaryl/α,β-unsaturated/α-hetero) is 1. The first-order chi connectivity index (χ1) is 10.0. The van der Waals surface area contributed by atoms with E-state index in [4.69, 9.17) is 0 Å². The Hall–Kier alpha value is -0.720. The molecule has 1 saturated carbocycles. The topological polar surface area (TPSA) is 58.4 Å². The number of hydrogen-bond acceptors (Lipinski definition) is 4. The van der Waals surface area contributed by atoms with Gasteiger partial charge in [0.25, 0.3) is 0 Å². The Bertz CT molecular complexity index is 481. The van der Waals surface area contributed by atoms with Crippen LogP contribution in [0.15, 0.2) is 10.7 Å². The Kier molecular flexibility index (Phi) is 5.96. The molecule has 0 saturated heterocycles. The minimum Gasteiger partial charge on any atom is -0.385 e. The molecule has 1 fully saturated rings. The zero-order valence-corrected chi connectivity index (χ0v) is 14.3. The van der Waals surface area contributed by atoms with Crippen molar-refractivity contribution < 1.29 is 9.90 Å². The van der Waals surface area contributed by atoms with Crippen LogP contribution >= 0.6 is 15.9 Å². The molecule has 1 atom stereocenters. The van der Waals surface area contributed by atoms with Gasteiger partial charge in [-0.25, -0.2) is 0 Å². The van der Waals surface area contributed by atoms with Crippen LogP contribution in [-0.2, 0) is 6.54 Å². The van der Waals surface area contributed by atoms with E-state index in [1.807, 2.05) is 19.0 Å². The second kappa shape index (κ2) is 7.51. The van der Waals surface area contributed by atoms with Crippen LogP contribution in [0.5, 0.6) is 0 Å². The van der Waals surface area contributed by atoms with Crippen LogP contribution in [0.2, 0.25) is 0 Å². The van der Waals surface area contributed by atoms with Gasteiger partial charge in [0.15, 0.2) is 0 Å². The third-order valence-corrected chi connectivity index (χ3v) is 4.73. The number of carbonyl (C=O) groups excluding carboxylic acids is 1. The largest absolute Gasteiger partial charge is 0.385 e. The van der Waals surface area contributed by atoms with Crippen molar-refractivity contribution in [1.82, 2.24) is 14.7 Å². The highest BCUT2D eigenvalue weighted by Crippen LogP contribution is 2.29. The molecular weight excluding hydrogens is 334 g/mol. The fourth-order valence-corrected chi connectivity index (χ4v) is 3.37. The van der Waals surface area contributed by atoms with Crippen LogP contribution < -0.4 is 0 Å². The van der Waals surface area contributed by atoms with Crippen molar-refractivity contribution in [2.45, 2.75) is 44.8 Å². The third-order valence-electron chi connectivity index (χ3n) is 4.15. The van der Waals surface area contributed by atoms with Gasteiger partial charge in [-0.3, -0.25) is 9.48 Å². The molecule has 0 radical (unpaired) electrons. The second-order valence-corrected chi connectivity index (χ2v) is 6.93. The Labute approximate surface area is 134 Å². The number of carbonyl (C=O) groups is 1. The Morgan fingerprint density at radius 1 is 1.48 bits per heavy atom. The standard InChI is InChI=1S/C15H24BrN3O2/c1-18(2)8-9-19-13(12(16)10-17-19)15(21)14(20)11-6-4-3-5-7-11/h10-11,14,20H,3-9H2,1-2H3. The monoisotopic (exact) mass is 357 g/mol. The summed E-state index contributed by atoms with van der Waals surface area (Å²) in [5, 5.41) is 14.7. The molecule has 118 valence electrons. The molecule has 0 aliphatic heterocycles. The molecule has 1 aromatic heterocycles. The number of nitrogens with zero attached hydrogens (tertiary/aromatic N) is 3. The fraction of sp³-hybridized carbons (Fsp3) is 0.733. The van der Waals surface area contributed by atoms with Gasteiger partial charge in [0.1, 0.15) is 11.8 Å². The van der Waals surface area contributed by atoms with Crippen LogP contribution in [-0.4, -0.2) is 52.3 Å². The van der Waals surface area contributed by atoms with E-state index in [2.05, 4.69) is 21.0 Å². The molecule has 1 N–H and O–H groups in total. The fourth-order valence-electron chi connectivity index (χ4n) is 2.88. The van der Waals surface area contributed by atoms with Crippen LogP contribution in [0.4, 0.5) is 0 Å². The van der Waals surface area contributed by atoms with Crippen molar-refractivity contribution in [1.29, 1.82) is 0 Å². The van der Waals surface area contributed by atoms with E-state index in [0.29, 0.717) is 16.7 Å². The molecule has 2 rings (SSSR count). The van der Waals surface area contributed by atoms with Crippen LogP contribution in [0, 0.1) is 5.92 Å². The summed E-state index contributed by atoms with van der Waals surface area (Å²) in [5.41, 5.74) is 0.495. The SMILES string of the molecule is CN(C)CCn1ncc(Br)c1C(=O)C(O)C1CCCCC1. The number of aromatic nitrogens is 2. The normalized spacial score (nSPS) is 18.1. The minimum atomic E-state index is -0.906. The summed E-state index contributed by atoms with van der Waals surface area (Å²) < 4.78 is 2.36. The molecule has 1 unspecified atom stereocenters. The van der Waals surface area contributed by atoms with Gasteiger partial charge < -0.3 is 10.0 Å². The molecule has 5 nitrogen and oxygen atoms in total. The lowest BCUT2D eigenvalue weighted by atomic mass is 9.83.